The quantitative estimate of drug-likeness (QED) is 0.474. The van der Waals surface area contributed by atoms with Crippen LogP contribution >= 0.6 is 0 Å². The number of hydrogen-bond acceptors (Lipinski definition) is 6. The maximum atomic E-state index is 13.3. The molecule has 1 atom stereocenters. The number of dihydropyridines is 1. The summed E-state index contributed by atoms with van der Waals surface area (Å²) in [7, 11) is 1.13. The van der Waals surface area contributed by atoms with E-state index >= 15 is 0 Å². The second-order valence-electron chi connectivity index (χ2n) is 5.27. The van der Waals surface area contributed by atoms with Gasteiger partial charge in [-0.05, 0) is 12.5 Å². The van der Waals surface area contributed by atoms with E-state index in [4.69, 9.17) is 4.74 Å². The number of nitrogens with zero attached hydrogens (tertiary/aromatic N) is 1. The average Bonchev–Trinajstić information content (AvgIpc) is 2.59. The van der Waals surface area contributed by atoms with Crippen LogP contribution in [-0.2, 0) is 14.3 Å². The third kappa shape index (κ3) is 3.35. The van der Waals surface area contributed by atoms with E-state index in [1.165, 1.54) is 25.1 Å². The normalized spacial score (nSPS) is 17.2. The van der Waals surface area contributed by atoms with Crippen LogP contribution in [0, 0.1) is 10.1 Å². The topological polar surface area (TPSA) is 119 Å². The molecule has 2 N–H and O–H groups in total. The van der Waals surface area contributed by atoms with Crippen LogP contribution < -0.4 is 5.32 Å². The number of nitrogens with one attached hydrogen (secondary N) is 1. The number of alkyl halides is 1. The van der Waals surface area contributed by atoms with E-state index in [1.807, 2.05) is 0 Å². The number of non-ortho nitro benzene ring substituents is 1. The minimum Gasteiger partial charge on any atom is -0.478 e. The number of aliphatic carboxylic acids is 1. The fourth-order valence-electron chi connectivity index (χ4n) is 2.79. The standard InChI is InChI=1S/C16H15FN2O6/c1-8-12(16(22)25-2)13(14(15(20)21)11(7-17)18-8)9-4-3-5-10(6-9)19(23)24/h3-6,13,18H,7H2,1-2H3,(H,20,21). The van der Waals surface area contributed by atoms with E-state index in [0.29, 0.717) is 0 Å². The van der Waals surface area contributed by atoms with Crippen molar-refractivity contribution in [3.05, 3.63) is 62.5 Å². The number of halogens is 1. The highest BCUT2D eigenvalue weighted by atomic mass is 19.1. The van der Waals surface area contributed by atoms with Crippen LogP contribution in [0.4, 0.5) is 10.1 Å². The van der Waals surface area contributed by atoms with Crippen LogP contribution in [0.25, 0.3) is 0 Å². The van der Waals surface area contributed by atoms with Crippen molar-refractivity contribution in [3.63, 3.8) is 0 Å². The number of carbonyl (C=O) groups is 2. The molecule has 132 valence electrons. The van der Waals surface area contributed by atoms with Gasteiger partial charge in [-0.15, -0.1) is 0 Å². The zero-order valence-corrected chi connectivity index (χ0v) is 13.4. The number of carbonyl (C=O) groups excluding carboxylic acids is 1. The molecule has 25 heavy (non-hydrogen) atoms. The van der Waals surface area contributed by atoms with Gasteiger partial charge in [0.1, 0.15) is 6.67 Å². The molecule has 1 aromatic carbocycles. The summed E-state index contributed by atoms with van der Waals surface area (Å²) in [4.78, 5) is 34.3. The molecule has 2 rings (SSSR count). The van der Waals surface area contributed by atoms with E-state index in [9.17, 15) is 29.2 Å². The Balaban J connectivity index is 2.75. The van der Waals surface area contributed by atoms with Gasteiger partial charge in [0.2, 0.25) is 0 Å². The second-order valence-corrected chi connectivity index (χ2v) is 5.27. The fourth-order valence-corrected chi connectivity index (χ4v) is 2.79. The first-order chi connectivity index (χ1) is 11.8. The van der Waals surface area contributed by atoms with Gasteiger partial charge in [-0.25, -0.2) is 14.0 Å². The molecule has 0 saturated carbocycles. The molecule has 0 spiro atoms. The highest BCUT2D eigenvalue weighted by molar-refractivity contribution is 5.99. The molecule has 0 saturated heterocycles. The first-order valence-electron chi connectivity index (χ1n) is 7.14. The summed E-state index contributed by atoms with van der Waals surface area (Å²) in [6, 6.07) is 5.20. The van der Waals surface area contributed by atoms with Crippen LogP contribution in [0.15, 0.2) is 46.8 Å². The lowest BCUT2D eigenvalue weighted by molar-refractivity contribution is -0.384. The first kappa shape index (κ1) is 18.1. The van der Waals surface area contributed by atoms with Crippen LogP contribution in [0.2, 0.25) is 0 Å². The van der Waals surface area contributed by atoms with Crippen molar-refractivity contribution < 1.29 is 28.7 Å². The number of hydrogen-bond donors (Lipinski definition) is 2. The van der Waals surface area contributed by atoms with Gasteiger partial charge in [-0.3, -0.25) is 10.1 Å². The molecule has 1 unspecified atom stereocenters. The Kier molecular flexibility index (Phi) is 5.16. The van der Waals surface area contributed by atoms with Crippen molar-refractivity contribution in [3.8, 4) is 0 Å². The summed E-state index contributed by atoms with van der Waals surface area (Å²) in [5.74, 6) is -3.44. The molecule has 8 nitrogen and oxygen atoms in total. The van der Waals surface area contributed by atoms with Gasteiger partial charge >= 0.3 is 11.9 Å². The zero-order valence-electron chi connectivity index (χ0n) is 13.4. The van der Waals surface area contributed by atoms with E-state index in [1.54, 1.807) is 0 Å². The monoisotopic (exact) mass is 350 g/mol. The number of nitro groups is 1. The Bertz CT molecular complexity index is 815. The Labute approximate surface area is 141 Å². The van der Waals surface area contributed by atoms with Gasteiger partial charge in [0.25, 0.3) is 5.69 Å². The molecule has 9 heteroatoms. The Morgan fingerprint density at radius 1 is 1.40 bits per heavy atom. The van der Waals surface area contributed by atoms with E-state index < -0.39 is 35.0 Å². The summed E-state index contributed by atoms with van der Waals surface area (Å²) >= 11 is 0. The highest BCUT2D eigenvalue weighted by Crippen LogP contribution is 2.39. The largest absolute Gasteiger partial charge is 0.478 e. The smallest absolute Gasteiger partial charge is 0.336 e. The number of carboxylic acids is 1. The number of carboxylic acid groups (broad SMARTS) is 1. The maximum absolute atomic E-state index is 13.3. The molecule has 0 aliphatic carbocycles. The lowest BCUT2D eigenvalue weighted by atomic mass is 9.80. The summed E-state index contributed by atoms with van der Waals surface area (Å²) in [6.45, 7) is 0.379. The van der Waals surface area contributed by atoms with Crippen molar-refractivity contribution in [1.82, 2.24) is 5.32 Å². The van der Waals surface area contributed by atoms with Crippen molar-refractivity contribution in [2.45, 2.75) is 12.8 Å². The minimum atomic E-state index is -1.44. The third-order valence-electron chi connectivity index (χ3n) is 3.83. The Morgan fingerprint density at radius 3 is 2.60 bits per heavy atom. The molecule has 0 fully saturated rings. The predicted octanol–water partition coefficient (Wildman–Crippen LogP) is 2.04. The van der Waals surface area contributed by atoms with E-state index in [2.05, 4.69) is 5.32 Å². The minimum absolute atomic E-state index is 0.0439. The third-order valence-corrected chi connectivity index (χ3v) is 3.83. The van der Waals surface area contributed by atoms with E-state index in [-0.39, 0.29) is 28.2 Å². The van der Waals surface area contributed by atoms with Gasteiger partial charge in [0.05, 0.1) is 34.8 Å². The zero-order chi connectivity index (χ0) is 18.7. The molecule has 0 radical (unpaired) electrons. The SMILES string of the molecule is COC(=O)C1=C(C)NC(CF)=C(C(=O)O)C1c1cccc([N+](=O)[O-])c1. The maximum Gasteiger partial charge on any atom is 0.336 e. The Hall–Kier alpha value is -3.23. The molecule has 1 aromatic rings. The molecule has 1 aliphatic heterocycles. The summed E-state index contributed by atoms with van der Waals surface area (Å²) in [6.07, 6.45) is 0. The molecule has 0 amide bonds. The van der Waals surface area contributed by atoms with Crippen molar-refractivity contribution >= 4 is 17.6 Å². The molecule has 1 aliphatic rings. The molecule has 1 heterocycles. The summed E-state index contributed by atoms with van der Waals surface area (Å²) < 4.78 is 18.0. The number of nitro benzene ring substituents is 1. The molecular weight excluding hydrogens is 335 g/mol. The first-order valence-corrected chi connectivity index (χ1v) is 7.14. The average molecular weight is 350 g/mol. The van der Waals surface area contributed by atoms with Crippen LogP contribution in [-0.4, -0.2) is 35.8 Å². The van der Waals surface area contributed by atoms with Gasteiger partial charge in [0, 0.05) is 17.8 Å². The van der Waals surface area contributed by atoms with Crippen molar-refractivity contribution in [1.29, 1.82) is 0 Å². The van der Waals surface area contributed by atoms with E-state index in [0.717, 1.165) is 13.2 Å². The lowest BCUT2D eigenvalue weighted by Gasteiger charge is -2.29. The number of methoxy groups -OCH3 is 1. The van der Waals surface area contributed by atoms with Gasteiger partial charge < -0.3 is 15.2 Å². The molecular formula is C16H15FN2O6. The van der Waals surface area contributed by atoms with Gasteiger partial charge in [-0.1, -0.05) is 12.1 Å². The molecule has 0 bridgehead atoms. The number of rotatable bonds is 5. The van der Waals surface area contributed by atoms with Crippen LogP contribution in [0.1, 0.15) is 18.4 Å². The number of esters is 1. The predicted molar refractivity (Wildman–Crippen MR) is 84.3 cm³/mol. The summed E-state index contributed by atoms with van der Waals surface area (Å²) in [5, 5.41) is 23.1. The van der Waals surface area contributed by atoms with Gasteiger partial charge in [0.15, 0.2) is 0 Å². The van der Waals surface area contributed by atoms with Crippen molar-refractivity contribution in [2.24, 2.45) is 0 Å². The highest BCUT2D eigenvalue weighted by Gasteiger charge is 2.38. The Morgan fingerprint density at radius 2 is 2.08 bits per heavy atom. The van der Waals surface area contributed by atoms with Gasteiger partial charge in [-0.2, -0.15) is 0 Å². The molecule has 0 aromatic heterocycles. The van der Waals surface area contributed by atoms with Crippen LogP contribution in [0.3, 0.4) is 0 Å². The van der Waals surface area contributed by atoms with Crippen LogP contribution in [0.5, 0.6) is 0 Å². The van der Waals surface area contributed by atoms with Crippen molar-refractivity contribution in [2.75, 3.05) is 13.8 Å². The summed E-state index contributed by atoms with van der Waals surface area (Å²) in [5.41, 5.74) is -0.523. The fraction of sp³-hybridized carbons (Fsp3) is 0.250. The second kappa shape index (κ2) is 7.12. The number of benzene rings is 1. The number of allylic oxidation sites excluding steroid dienone is 2. The lowest BCUT2D eigenvalue weighted by Crippen LogP contribution is -2.33. The number of ether oxygens (including phenoxy) is 1.